The molecule has 1 aromatic heterocycles. The van der Waals surface area contributed by atoms with Crippen LogP contribution >= 0.6 is 24.8 Å². The number of aromatic nitrogens is 2. The van der Waals surface area contributed by atoms with Crippen LogP contribution in [0, 0.1) is 5.92 Å². The molecule has 4 nitrogen and oxygen atoms in total. The lowest BCUT2D eigenvalue weighted by molar-refractivity contribution is 0.109. The molecule has 19 heavy (non-hydrogen) atoms. The lowest BCUT2D eigenvalue weighted by atomic mass is 9.85. The van der Waals surface area contributed by atoms with Crippen molar-refractivity contribution in [2.75, 3.05) is 19.6 Å². The molecule has 0 bridgehead atoms. The van der Waals surface area contributed by atoms with Gasteiger partial charge in [0.15, 0.2) is 0 Å². The number of nitrogens with one attached hydrogen (secondary N) is 1. The van der Waals surface area contributed by atoms with Gasteiger partial charge in [0.1, 0.15) is 0 Å². The Kier molecular flexibility index (Phi) is 6.60. The maximum atomic E-state index is 4.24. The minimum Gasteiger partial charge on any atom is -0.314 e. The second-order valence-electron chi connectivity index (χ2n) is 5.51. The molecule has 1 N–H and O–H groups in total. The Balaban J connectivity index is 0.000000902. The molecule has 0 amide bonds. The number of aryl methyl sites for hydroxylation is 1. The fourth-order valence-corrected chi connectivity index (χ4v) is 3.28. The largest absolute Gasteiger partial charge is 0.314 e. The molecule has 2 atom stereocenters. The molecule has 2 fully saturated rings. The predicted octanol–water partition coefficient (Wildman–Crippen LogP) is 1.84. The lowest BCUT2D eigenvalue weighted by Crippen LogP contribution is -2.51. The molecular weight excluding hydrogens is 283 g/mol. The van der Waals surface area contributed by atoms with Gasteiger partial charge in [-0.2, -0.15) is 5.10 Å². The summed E-state index contributed by atoms with van der Waals surface area (Å²) in [6.07, 6.45) is 8.18. The third-order valence-corrected chi connectivity index (χ3v) is 4.14. The molecule has 0 unspecified atom stereocenters. The minimum atomic E-state index is 0. The molecule has 6 heteroatoms. The number of halogens is 2. The standard InChI is InChI=1S/C13H22N4.2ClH/c1-16-8-11(7-15-16)9-17-6-4-13-12(10-17)3-2-5-14-13;;/h7-8,12-14H,2-6,9-10H2,1H3;2*1H/t12-,13+;;/m1../s1. The zero-order valence-corrected chi connectivity index (χ0v) is 13.1. The van der Waals surface area contributed by atoms with Crippen LogP contribution in [0.15, 0.2) is 12.4 Å². The van der Waals surface area contributed by atoms with E-state index in [4.69, 9.17) is 0 Å². The third kappa shape index (κ3) is 4.09. The first-order chi connectivity index (χ1) is 8.31. The quantitative estimate of drug-likeness (QED) is 0.905. The Morgan fingerprint density at radius 1 is 1.37 bits per heavy atom. The normalized spacial score (nSPS) is 27.0. The monoisotopic (exact) mass is 306 g/mol. The molecule has 0 aliphatic carbocycles. The van der Waals surface area contributed by atoms with Gasteiger partial charge in [0.05, 0.1) is 6.20 Å². The fraction of sp³-hybridized carbons (Fsp3) is 0.769. The van der Waals surface area contributed by atoms with E-state index in [-0.39, 0.29) is 24.8 Å². The zero-order valence-electron chi connectivity index (χ0n) is 11.4. The van der Waals surface area contributed by atoms with Gasteiger partial charge in [-0.3, -0.25) is 9.58 Å². The van der Waals surface area contributed by atoms with Crippen molar-refractivity contribution in [3.63, 3.8) is 0 Å². The number of fused-ring (bicyclic) bond motifs is 1. The minimum absolute atomic E-state index is 0. The van der Waals surface area contributed by atoms with Gasteiger partial charge in [0, 0.05) is 37.9 Å². The van der Waals surface area contributed by atoms with Gasteiger partial charge in [-0.25, -0.2) is 0 Å². The van der Waals surface area contributed by atoms with Gasteiger partial charge in [-0.1, -0.05) is 0 Å². The van der Waals surface area contributed by atoms with E-state index in [1.54, 1.807) is 0 Å². The first kappa shape index (κ1) is 16.8. The van der Waals surface area contributed by atoms with E-state index >= 15 is 0 Å². The van der Waals surface area contributed by atoms with Gasteiger partial charge >= 0.3 is 0 Å². The van der Waals surface area contributed by atoms with Crippen LogP contribution in [0.4, 0.5) is 0 Å². The molecule has 0 aromatic carbocycles. The summed E-state index contributed by atoms with van der Waals surface area (Å²) in [7, 11) is 1.99. The lowest BCUT2D eigenvalue weighted by Gasteiger charge is -2.41. The van der Waals surface area contributed by atoms with E-state index in [1.165, 1.54) is 44.5 Å². The Morgan fingerprint density at radius 3 is 2.95 bits per heavy atom. The highest BCUT2D eigenvalue weighted by Crippen LogP contribution is 2.25. The van der Waals surface area contributed by atoms with Crippen molar-refractivity contribution in [3.8, 4) is 0 Å². The highest BCUT2D eigenvalue weighted by molar-refractivity contribution is 5.85. The maximum Gasteiger partial charge on any atom is 0.0534 e. The van der Waals surface area contributed by atoms with Gasteiger partial charge < -0.3 is 5.32 Å². The van der Waals surface area contributed by atoms with E-state index in [1.807, 2.05) is 17.9 Å². The highest BCUT2D eigenvalue weighted by Gasteiger charge is 2.30. The Morgan fingerprint density at radius 2 is 2.21 bits per heavy atom. The Bertz CT molecular complexity index is 382. The molecule has 3 rings (SSSR count). The van der Waals surface area contributed by atoms with Crippen molar-refractivity contribution in [2.45, 2.75) is 31.8 Å². The number of likely N-dealkylation sites (tertiary alicyclic amines) is 1. The van der Waals surface area contributed by atoms with Crippen LogP contribution in [0.2, 0.25) is 0 Å². The van der Waals surface area contributed by atoms with Gasteiger partial charge in [-0.15, -0.1) is 24.8 Å². The van der Waals surface area contributed by atoms with E-state index in [2.05, 4.69) is 21.5 Å². The Labute approximate surface area is 127 Å². The van der Waals surface area contributed by atoms with Crippen LogP contribution in [0.1, 0.15) is 24.8 Å². The summed E-state index contributed by atoms with van der Waals surface area (Å²) in [5.41, 5.74) is 1.34. The van der Waals surface area contributed by atoms with Crippen molar-refractivity contribution in [2.24, 2.45) is 13.0 Å². The molecular formula is C13H24Cl2N4. The topological polar surface area (TPSA) is 33.1 Å². The molecule has 0 radical (unpaired) electrons. The summed E-state index contributed by atoms with van der Waals surface area (Å²) < 4.78 is 1.89. The maximum absolute atomic E-state index is 4.24. The van der Waals surface area contributed by atoms with Crippen molar-refractivity contribution in [1.82, 2.24) is 20.0 Å². The molecule has 2 saturated heterocycles. The average Bonchev–Trinajstić information content (AvgIpc) is 2.75. The number of hydrogen-bond acceptors (Lipinski definition) is 3. The van der Waals surface area contributed by atoms with Crippen LogP contribution < -0.4 is 5.32 Å². The summed E-state index contributed by atoms with van der Waals surface area (Å²) in [5.74, 6) is 0.870. The Hall–Kier alpha value is -0.290. The summed E-state index contributed by atoms with van der Waals surface area (Å²) in [6.45, 7) is 4.77. The van der Waals surface area contributed by atoms with E-state index < -0.39 is 0 Å². The molecule has 0 spiro atoms. The highest BCUT2D eigenvalue weighted by atomic mass is 35.5. The first-order valence-corrected chi connectivity index (χ1v) is 6.74. The average molecular weight is 307 g/mol. The van der Waals surface area contributed by atoms with Crippen LogP contribution in [-0.2, 0) is 13.6 Å². The van der Waals surface area contributed by atoms with Crippen LogP contribution in [0.3, 0.4) is 0 Å². The molecule has 110 valence electrons. The molecule has 2 aliphatic heterocycles. The first-order valence-electron chi connectivity index (χ1n) is 6.74. The molecule has 3 heterocycles. The second kappa shape index (κ2) is 7.48. The van der Waals surface area contributed by atoms with Crippen molar-refractivity contribution >= 4 is 24.8 Å². The van der Waals surface area contributed by atoms with E-state index in [0.29, 0.717) is 0 Å². The SMILES string of the molecule is Cl.Cl.Cn1cc(CN2CC[C@@H]3NCCC[C@@H]3C2)cn1. The van der Waals surface area contributed by atoms with Gasteiger partial charge in [0.25, 0.3) is 0 Å². The molecule has 1 aromatic rings. The van der Waals surface area contributed by atoms with Crippen molar-refractivity contribution < 1.29 is 0 Å². The molecule has 0 saturated carbocycles. The number of piperidine rings is 2. The van der Waals surface area contributed by atoms with Gasteiger partial charge in [-0.05, 0) is 38.3 Å². The van der Waals surface area contributed by atoms with Crippen LogP contribution in [-0.4, -0.2) is 40.4 Å². The molecule has 2 aliphatic rings. The van der Waals surface area contributed by atoms with Crippen molar-refractivity contribution in [3.05, 3.63) is 18.0 Å². The number of hydrogen-bond donors (Lipinski definition) is 1. The third-order valence-electron chi connectivity index (χ3n) is 4.14. The summed E-state index contributed by atoms with van der Waals surface area (Å²) in [4.78, 5) is 2.59. The van der Waals surface area contributed by atoms with Crippen LogP contribution in [0.25, 0.3) is 0 Å². The van der Waals surface area contributed by atoms with Crippen molar-refractivity contribution in [1.29, 1.82) is 0 Å². The predicted molar refractivity (Wildman–Crippen MR) is 82.1 cm³/mol. The smallest absolute Gasteiger partial charge is 0.0534 e. The summed E-state index contributed by atoms with van der Waals surface area (Å²) in [6, 6.07) is 0.786. The summed E-state index contributed by atoms with van der Waals surface area (Å²) >= 11 is 0. The van der Waals surface area contributed by atoms with E-state index in [0.717, 1.165) is 18.5 Å². The number of nitrogens with zero attached hydrogens (tertiary/aromatic N) is 3. The van der Waals surface area contributed by atoms with Gasteiger partial charge in [0.2, 0.25) is 0 Å². The van der Waals surface area contributed by atoms with E-state index in [9.17, 15) is 0 Å². The zero-order chi connectivity index (χ0) is 11.7. The summed E-state index contributed by atoms with van der Waals surface area (Å²) in [5, 5.41) is 7.91. The fourth-order valence-electron chi connectivity index (χ4n) is 3.28. The second-order valence-corrected chi connectivity index (χ2v) is 5.51. The van der Waals surface area contributed by atoms with Crippen LogP contribution in [0.5, 0.6) is 0 Å². The number of rotatable bonds is 2.